The smallest absolute Gasteiger partial charge is 0.422 e. The fourth-order valence-corrected chi connectivity index (χ4v) is 4.45. The number of rotatable bonds is 7. The molecule has 2 N–H and O–H groups in total. The zero-order valence-electron chi connectivity index (χ0n) is 15.0. The average molecular weight is 484 g/mol. The molecule has 13 heteroatoms. The third-order valence-corrected chi connectivity index (χ3v) is 6.13. The molecule has 0 saturated heterocycles. The third-order valence-electron chi connectivity index (χ3n) is 3.83. The molecule has 1 aliphatic carbocycles. The number of sulfonamides is 1. The highest BCUT2D eigenvalue weighted by atomic mass is 35.5. The molecule has 162 valence electrons. The van der Waals surface area contributed by atoms with Crippen molar-refractivity contribution in [3.8, 4) is 5.88 Å². The molecule has 0 atom stereocenters. The fraction of sp³-hybridized carbons (Fsp3) is 0.294. The minimum atomic E-state index is -4.51. The minimum absolute atomic E-state index is 0.0824. The summed E-state index contributed by atoms with van der Waals surface area (Å²) in [6.07, 6.45) is -1.99. The van der Waals surface area contributed by atoms with Crippen LogP contribution in [0.3, 0.4) is 0 Å². The van der Waals surface area contributed by atoms with E-state index >= 15 is 0 Å². The number of carbonyl (C=O) groups is 1. The Kier molecular flexibility index (Phi) is 6.46. The van der Waals surface area contributed by atoms with Crippen molar-refractivity contribution in [3.63, 3.8) is 0 Å². The summed E-state index contributed by atoms with van der Waals surface area (Å²) < 4.78 is 68.3. The Hall–Kier alpha value is -2.08. The number of hydrogen-bond donors (Lipinski definition) is 2. The van der Waals surface area contributed by atoms with Gasteiger partial charge in [-0.05, 0) is 31.0 Å². The summed E-state index contributed by atoms with van der Waals surface area (Å²) in [6.45, 7) is -1.50. The van der Waals surface area contributed by atoms with Crippen LogP contribution in [0.4, 0.5) is 18.9 Å². The Morgan fingerprint density at radius 3 is 2.47 bits per heavy atom. The van der Waals surface area contributed by atoms with Gasteiger partial charge in [0.15, 0.2) is 6.61 Å². The van der Waals surface area contributed by atoms with Gasteiger partial charge in [-0.15, -0.1) is 0 Å². The summed E-state index contributed by atoms with van der Waals surface area (Å²) in [6, 6.07) is 4.45. The maximum absolute atomic E-state index is 12.5. The Bertz CT molecular complexity index is 1060. The summed E-state index contributed by atoms with van der Waals surface area (Å²) in [4.78, 5) is 15.9. The SMILES string of the molecule is O=C(Nc1ccc(OCC(F)(F)F)nc1)c1cc(S(=O)(=O)NC2CC2)c(Cl)cc1Cl. The van der Waals surface area contributed by atoms with Gasteiger partial charge in [-0.3, -0.25) is 4.79 Å². The molecule has 30 heavy (non-hydrogen) atoms. The largest absolute Gasteiger partial charge is 0.468 e. The molecule has 0 bridgehead atoms. The number of aromatic nitrogens is 1. The molecule has 0 radical (unpaired) electrons. The molecule has 7 nitrogen and oxygen atoms in total. The topological polar surface area (TPSA) is 97.4 Å². The molecule has 0 unspecified atom stereocenters. The Morgan fingerprint density at radius 1 is 1.20 bits per heavy atom. The molecule has 3 rings (SSSR count). The maximum atomic E-state index is 12.5. The molecule has 1 fully saturated rings. The average Bonchev–Trinajstić information content (AvgIpc) is 3.43. The van der Waals surface area contributed by atoms with Crippen molar-refractivity contribution in [1.29, 1.82) is 0 Å². The second-order valence-corrected chi connectivity index (χ2v) is 8.90. The van der Waals surface area contributed by atoms with Crippen LogP contribution in [0.2, 0.25) is 10.0 Å². The van der Waals surface area contributed by atoms with Crippen LogP contribution in [0, 0.1) is 0 Å². The number of halogens is 5. The summed E-state index contributed by atoms with van der Waals surface area (Å²) in [7, 11) is -3.94. The van der Waals surface area contributed by atoms with E-state index in [9.17, 15) is 26.4 Å². The maximum Gasteiger partial charge on any atom is 0.422 e. The quantitative estimate of drug-likeness (QED) is 0.619. The summed E-state index contributed by atoms with van der Waals surface area (Å²) >= 11 is 12.0. The number of nitrogens with one attached hydrogen (secondary N) is 2. The monoisotopic (exact) mass is 483 g/mol. The van der Waals surface area contributed by atoms with Gasteiger partial charge in [-0.2, -0.15) is 13.2 Å². The number of carbonyl (C=O) groups excluding carboxylic acids is 1. The van der Waals surface area contributed by atoms with Crippen LogP contribution in [0.1, 0.15) is 23.2 Å². The van der Waals surface area contributed by atoms with Gasteiger partial charge in [-0.1, -0.05) is 23.2 Å². The lowest BCUT2D eigenvalue weighted by Crippen LogP contribution is -2.26. The van der Waals surface area contributed by atoms with Gasteiger partial charge in [0.2, 0.25) is 15.9 Å². The molecule has 0 aliphatic heterocycles. The van der Waals surface area contributed by atoms with Gasteiger partial charge in [0.25, 0.3) is 5.91 Å². The number of benzene rings is 1. The number of hydrogen-bond acceptors (Lipinski definition) is 5. The molecule has 2 aromatic rings. The lowest BCUT2D eigenvalue weighted by atomic mass is 10.2. The zero-order chi connectivity index (χ0) is 22.1. The molecular formula is C17H14Cl2F3N3O4S. The minimum Gasteiger partial charge on any atom is -0.468 e. The normalized spacial score (nSPS) is 14.4. The van der Waals surface area contributed by atoms with Crippen LogP contribution in [0.25, 0.3) is 0 Å². The molecule has 1 aromatic carbocycles. The second-order valence-electron chi connectivity index (χ2n) is 6.40. The Morgan fingerprint density at radius 2 is 1.90 bits per heavy atom. The first kappa shape index (κ1) is 22.6. The Labute approximate surface area is 179 Å². The number of ether oxygens (including phenoxy) is 1. The number of nitrogens with zero attached hydrogens (tertiary/aromatic N) is 1. The van der Waals surface area contributed by atoms with Crippen molar-refractivity contribution in [1.82, 2.24) is 9.71 Å². The lowest BCUT2D eigenvalue weighted by molar-refractivity contribution is -0.154. The van der Waals surface area contributed by atoms with Crippen molar-refractivity contribution in [2.24, 2.45) is 0 Å². The van der Waals surface area contributed by atoms with Crippen molar-refractivity contribution in [2.45, 2.75) is 30.0 Å². The van der Waals surface area contributed by atoms with Gasteiger partial charge in [0.1, 0.15) is 4.90 Å². The van der Waals surface area contributed by atoms with Crippen molar-refractivity contribution < 1.29 is 31.1 Å². The first-order chi connectivity index (χ1) is 13.9. The lowest BCUT2D eigenvalue weighted by Gasteiger charge is -2.12. The van der Waals surface area contributed by atoms with Crippen molar-refractivity contribution >= 4 is 44.8 Å². The predicted octanol–water partition coefficient (Wildman–Crippen LogP) is 4.02. The zero-order valence-corrected chi connectivity index (χ0v) is 17.3. The molecule has 0 spiro atoms. The van der Waals surface area contributed by atoms with E-state index in [4.69, 9.17) is 23.2 Å². The van der Waals surface area contributed by atoms with E-state index < -0.39 is 28.7 Å². The third kappa shape index (κ3) is 5.97. The summed E-state index contributed by atoms with van der Waals surface area (Å²) in [5.41, 5.74) is -0.0273. The number of pyridine rings is 1. The van der Waals surface area contributed by atoms with Crippen molar-refractivity contribution in [3.05, 3.63) is 46.1 Å². The van der Waals surface area contributed by atoms with E-state index in [1.165, 1.54) is 6.07 Å². The van der Waals surface area contributed by atoms with E-state index in [-0.39, 0.29) is 38.1 Å². The molecule has 1 saturated carbocycles. The van der Waals surface area contributed by atoms with E-state index in [2.05, 4.69) is 19.8 Å². The first-order valence-corrected chi connectivity index (χ1v) is 10.7. The second kappa shape index (κ2) is 8.58. The highest BCUT2D eigenvalue weighted by molar-refractivity contribution is 7.89. The van der Waals surface area contributed by atoms with Crippen LogP contribution in [-0.4, -0.2) is 38.1 Å². The molecule has 1 aliphatic rings. The van der Waals surface area contributed by atoms with Gasteiger partial charge in [0, 0.05) is 12.1 Å². The highest BCUT2D eigenvalue weighted by Crippen LogP contribution is 2.31. The predicted molar refractivity (Wildman–Crippen MR) is 104 cm³/mol. The molecule has 1 amide bonds. The summed E-state index contributed by atoms with van der Waals surface area (Å²) in [5, 5.41) is 2.20. The van der Waals surface area contributed by atoms with E-state index in [0.717, 1.165) is 24.4 Å². The van der Waals surface area contributed by atoms with E-state index in [0.29, 0.717) is 12.8 Å². The van der Waals surface area contributed by atoms with E-state index in [1.54, 1.807) is 0 Å². The van der Waals surface area contributed by atoms with Gasteiger partial charge >= 0.3 is 6.18 Å². The van der Waals surface area contributed by atoms with Gasteiger partial charge in [0.05, 0.1) is 27.5 Å². The Balaban J connectivity index is 1.75. The first-order valence-electron chi connectivity index (χ1n) is 8.43. The van der Waals surface area contributed by atoms with Crippen molar-refractivity contribution in [2.75, 3.05) is 11.9 Å². The summed E-state index contributed by atoms with van der Waals surface area (Å²) in [5.74, 6) is -1.04. The number of amides is 1. The standard InChI is InChI=1S/C17H14Cl2F3N3O4S/c18-12-6-13(19)14(30(27,28)25-9-1-2-9)5-11(12)16(26)24-10-3-4-15(23-7-10)29-8-17(20,21)22/h3-7,9,25H,1-2,8H2,(H,24,26). The fourth-order valence-electron chi connectivity index (χ4n) is 2.29. The molecule has 1 aromatic heterocycles. The van der Waals surface area contributed by atoms with Gasteiger partial charge < -0.3 is 10.1 Å². The molecule has 1 heterocycles. The van der Waals surface area contributed by atoms with Crippen LogP contribution < -0.4 is 14.8 Å². The van der Waals surface area contributed by atoms with Gasteiger partial charge in [-0.25, -0.2) is 18.1 Å². The van der Waals surface area contributed by atoms with Crippen LogP contribution in [-0.2, 0) is 10.0 Å². The highest BCUT2D eigenvalue weighted by Gasteiger charge is 2.31. The van der Waals surface area contributed by atoms with Crippen LogP contribution in [0.15, 0.2) is 35.4 Å². The number of alkyl halides is 3. The number of anilines is 1. The molecular weight excluding hydrogens is 470 g/mol. The van der Waals surface area contributed by atoms with Crippen LogP contribution in [0.5, 0.6) is 5.88 Å². The van der Waals surface area contributed by atoms with E-state index in [1.807, 2.05) is 0 Å². The van der Waals surface area contributed by atoms with Crippen LogP contribution >= 0.6 is 23.2 Å².